The summed E-state index contributed by atoms with van der Waals surface area (Å²) in [4.78, 5) is 20.8. The number of carbonyl (C=O) groups is 1. The van der Waals surface area contributed by atoms with E-state index in [2.05, 4.69) is 4.99 Å². The fourth-order valence-electron chi connectivity index (χ4n) is 4.04. The number of ether oxygens (including phenoxy) is 2. The fraction of sp³-hybridized carbons (Fsp3) is 0.179. The van der Waals surface area contributed by atoms with E-state index in [1.165, 1.54) is 6.92 Å². The molecule has 1 aliphatic rings. The zero-order valence-electron chi connectivity index (χ0n) is 19.3. The third kappa shape index (κ3) is 4.66. The van der Waals surface area contributed by atoms with E-state index in [0.29, 0.717) is 23.3 Å². The molecule has 0 amide bonds. The molecule has 2 heterocycles. The minimum absolute atomic E-state index is 0.437. The molecule has 3 aromatic carbocycles. The van der Waals surface area contributed by atoms with E-state index in [9.17, 15) is 9.90 Å². The highest BCUT2D eigenvalue weighted by Crippen LogP contribution is 2.43. The first-order chi connectivity index (χ1) is 17.0. The molecule has 0 spiro atoms. The first-order valence-corrected chi connectivity index (χ1v) is 11.3. The standard InChI is InChI=1S/C28H24N2O5/c1-17(28(31)32)33-22-15-9-14-21(16-22)26-24(29-18(2)34-26)27-30-23(19-10-5-3-6-11-19)25(35-27)20-12-7-4-8-13-20/h3-17,24,26H,1-2H3,(H,31,32). The van der Waals surface area contributed by atoms with Crippen molar-refractivity contribution < 1.29 is 23.8 Å². The molecule has 0 saturated carbocycles. The summed E-state index contributed by atoms with van der Waals surface area (Å²) in [5.41, 5.74) is 3.37. The van der Waals surface area contributed by atoms with E-state index in [0.717, 1.165) is 22.4 Å². The van der Waals surface area contributed by atoms with Crippen LogP contribution in [0.1, 0.15) is 37.4 Å². The Labute approximate surface area is 202 Å². The molecule has 3 unspecified atom stereocenters. The average Bonchev–Trinajstić information content (AvgIpc) is 3.49. The quantitative estimate of drug-likeness (QED) is 0.353. The van der Waals surface area contributed by atoms with E-state index < -0.39 is 24.2 Å². The molecule has 0 bridgehead atoms. The Hall–Kier alpha value is -4.39. The highest BCUT2D eigenvalue weighted by Gasteiger charge is 2.37. The van der Waals surface area contributed by atoms with Gasteiger partial charge < -0.3 is 19.0 Å². The van der Waals surface area contributed by atoms with Crippen molar-refractivity contribution >= 4 is 11.9 Å². The molecule has 1 N–H and O–H groups in total. The predicted octanol–water partition coefficient (Wildman–Crippen LogP) is 6.09. The number of carboxylic acids is 1. The Bertz CT molecular complexity index is 1310. The normalized spacial score (nSPS) is 17.9. The summed E-state index contributed by atoms with van der Waals surface area (Å²) >= 11 is 0. The number of nitrogens with zero attached hydrogens (tertiary/aromatic N) is 2. The van der Waals surface area contributed by atoms with Crippen LogP contribution in [0.4, 0.5) is 0 Å². The van der Waals surface area contributed by atoms with Crippen molar-refractivity contribution in [3.63, 3.8) is 0 Å². The van der Waals surface area contributed by atoms with Gasteiger partial charge in [-0.05, 0) is 24.6 Å². The Morgan fingerprint density at radius 3 is 2.34 bits per heavy atom. The second-order valence-electron chi connectivity index (χ2n) is 8.26. The maximum absolute atomic E-state index is 11.2. The topological polar surface area (TPSA) is 94.2 Å². The molecule has 7 heteroatoms. The van der Waals surface area contributed by atoms with Crippen molar-refractivity contribution in [2.45, 2.75) is 32.1 Å². The summed E-state index contributed by atoms with van der Waals surface area (Å²) in [6, 6.07) is 26.4. The summed E-state index contributed by atoms with van der Waals surface area (Å²) in [7, 11) is 0. The maximum Gasteiger partial charge on any atom is 0.344 e. The van der Waals surface area contributed by atoms with Gasteiger partial charge in [-0.1, -0.05) is 72.8 Å². The molecule has 176 valence electrons. The van der Waals surface area contributed by atoms with E-state index in [4.69, 9.17) is 18.9 Å². The Morgan fingerprint density at radius 1 is 0.971 bits per heavy atom. The second kappa shape index (κ2) is 9.46. The monoisotopic (exact) mass is 468 g/mol. The van der Waals surface area contributed by atoms with Crippen LogP contribution in [-0.2, 0) is 9.53 Å². The molecule has 1 aromatic heterocycles. The minimum atomic E-state index is -1.04. The van der Waals surface area contributed by atoms with Gasteiger partial charge in [0.25, 0.3) is 0 Å². The highest BCUT2D eigenvalue weighted by atomic mass is 16.5. The van der Waals surface area contributed by atoms with Crippen molar-refractivity contribution in [2.75, 3.05) is 0 Å². The van der Waals surface area contributed by atoms with Crippen LogP contribution in [0.25, 0.3) is 22.6 Å². The summed E-state index contributed by atoms with van der Waals surface area (Å²) in [6.07, 6.45) is -1.47. The molecule has 4 aromatic rings. The molecule has 5 rings (SSSR count). The number of aliphatic carboxylic acids is 1. The fourth-order valence-corrected chi connectivity index (χ4v) is 4.04. The van der Waals surface area contributed by atoms with Crippen LogP contribution < -0.4 is 4.74 Å². The number of hydrogen-bond acceptors (Lipinski definition) is 6. The summed E-state index contributed by atoms with van der Waals surface area (Å²) in [5, 5.41) is 9.18. The van der Waals surface area contributed by atoms with Crippen molar-refractivity contribution in [2.24, 2.45) is 4.99 Å². The number of oxazole rings is 1. The molecule has 3 atom stereocenters. The third-order valence-electron chi connectivity index (χ3n) is 5.73. The van der Waals surface area contributed by atoms with Crippen molar-refractivity contribution in [1.29, 1.82) is 0 Å². The van der Waals surface area contributed by atoms with Gasteiger partial charge in [0.15, 0.2) is 29.9 Å². The molecule has 35 heavy (non-hydrogen) atoms. The van der Waals surface area contributed by atoms with Crippen LogP contribution >= 0.6 is 0 Å². The van der Waals surface area contributed by atoms with Crippen LogP contribution in [0.2, 0.25) is 0 Å². The zero-order valence-corrected chi connectivity index (χ0v) is 19.3. The van der Waals surface area contributed by atoms with Crippen LogP contribution in [-0.4, -0.2) is 28.1 Å². The lowest BCUT2D eigenvalue weighted by Crippen LogP contribution is -2.23. The zero-order chi connectivity index (χ0) is 24.4. The average molecular weight is 469 g/mol. The number of carboxylic acid groups (broad SMARTS) is 1. The van der Waals surface area contributed by atoms with Crippen molar-refractivity contribution in [3.8, 4) is 28.3 Å². The number of hydrogen-bond donors (Lipinski definition) is 1. The Morgan fingerprint density at radius 2 is 1.66 bits per heavy atom. The van der Waals surface area contributed by atoms with Gasteiger partial charge in [-0.15, -0.1) is 0 Å². The van der Waals surface area contributed by atoms with E-state index in [-0.39, 0.29) is 0 Å². The van der Waals surface area contributed by atoms with Crippen molar-refractivity contribution in [1.82, 2.24) is 4.98 Å². The largest absolute Gasteiger partial charge is 0.479 e. The van der Waals surface area contributed by atoms with Crippen LogP contribution in [0.3, 0.4) is 0 Å². The smallest absolute Gasteiger partial charge is 0.344 e. The van der Waals surface area contributed by atoms with E-state index in [1.54, 1.807) is 25.1 Å². The van der Waals surface area contributed by atoms with Gasteiger partial charge in [-0.25, -0.2) is 14.8 Å². The Kier molecular flexibility index (Phi) is 6.06. The van der Waals surface area contributed by atoms with Gasteiger partial charge in [0.05, 0.1) is 0 Å². The van der Waals surface area contributed by atoms with Gasteiger partial charge >= 0.3 is 5.97 Å². The molecular formula is C28H24N2O5. The van der Waals surface area contributed by atoms with Gasteiger partial charge in [-0.2, -0.15) is 0 Å². The lowest BCUT2D eigenvalue weighted by atomic mass is 10.0. The van der Waals surface area contributed by atoms with Gasteiger partial charge in [0.1, 0.15) is 11.4 Å². The lowest BCUT2D eigenvalue weighted by molar-refractivity contribution is -0.144. The lowest BCUT2D eigenvalue weighted by Gasteiger charge is -2.17. The van der Waals surface area contributed by atoms with E-state index in [1.807, 2.05) is 66.7 Å². The maximum atomic E-state index is 11.2. The number of aliphatic imine (C=N–C) groups is 1. The van der Waals surface area contributed by atoms with Gasteiger partial charge in [0, 0.05) is 18.1 Å². The number of benzene rings is 3. The number of aromatic nitrogens is 1. The summed E-state index contributed by atoms with van der Waals surface area (Å²) < 4.78 is 18.0. The minimum Gasteiger partial charge on any atom is -0.479 e. The van der Waals surface area contributed by atoms with Gasteiger partial charge in [-0.3, -0.25) is 0 Å². The third-order valence-corrected chi connectivity index (χ3v) is 5.73. The van der Waals surface area contributed by atoms with Crippen LogP contribution in [0.5, 0.6) is 5.75 Å². The first-order valence-electron chi connectivity index (χ1n) is 11.3. The summed E-state index contributed by atoms with van der Waals surface area (Å²) in [5.74, 6) is 1.02. The van der Waals surface area contributed by atoms with E-state index >= 15 is 0 Å². The molecule has 0 radical (unpaired) electrons. The number of rotatable bonds is 7. The molecular weight excluding hydrogens is 444 g/mol. The summed E-state index contributed by atoms with van der Waals surface area (Å²) in [6.45, 7) is 3.28. The molecule has 0 fully saturated rings. The molecule has 1 aliphatic heterocycles. The Balaban J connectivity index is 1.54. The van der Waals surface area contributed by atoms with Gasteiger partial charge in [0.2, 0.25) is 5.89 Å². The second-order valence-corrected chi connectivity index (χ2v) is 8.26. The molecule has 7 nitrogen and oxygen atoms in total. The van der Waals surface area contributed by atoms with Crippen LogP contribution in [0, 0.1) is 0 Å². The highest BCUT2D eigenvalue weighted by molar-refractivity contribution is 5.78. The molecule has 0 aliphatic carbocycles. The van der Waals surface area contributed by atoms with Crippen molar-refractivity contribution in [3.05, 3.63) is 96.4 Å². The predicted molar refractivity (Wildman–Crippen MR) is 131 cm³/mol. The first kappa shape index (κ1) is 22.4. The van der Waals surface area contributed by atoms with Crippen LogP contribution in [0.15, 0.2) is 94.3 Å². The molecule has 0 saturated heterocycles. The SMILES string of the molecule is CC1=NC(c2nc(-c3ccccc3)c(-c3ccccc3)o2)C(c2cccc(OC(C)C(=O)O)c2)O1.